The second-order valence-electron chi connectivity index (χ2n) is 6.03. The molecule has 0 bridgehead atoms. The van der Waals surface area contributed by atoms with Gasteiger partial charge in [0.1, 0.15) is 5.75 Å². The number of carbonyl (C=O) groups is 3. The first-order valence-corrected chi connectivity index (χ1v) is 9.36. The Morgan fingerprint density at radius 2 is 2.11 bits per heavy atom. The molecule has 3 rings (SSSR count). The molecule has 1 aromatic heterocycles. The topological polar surface area (TPSA) is 101 Å². The van der Waals surface area contributed by atoms with Gasteiger partial charge in [-0.1, -0.05) is 0 Å². The SMILES string of the molecule is COc1ccc(N2C[C@H](C(=O)NCCC(=O)Nc3nccs3)CC2=O)cc1. The molecule has 8 nitrogen and oxygen atoms in total. The minimum Gasteiger partial charge on any atom is -0.497 e. The summed E-state index contributed by atoms with van der Waals surface area (Å²) in [4.78, 5) is 41.9. The Morgan fingerprint density at radius 3 is 2.78 bits per heavy atom. The lowest BCUT2D eigenvalue weighted by atomic mass is 10.1. The van der Waals surface area contributed by atoms with Crippen LogP contribution in [0.3, 0.4) is 0 Å². The number of nitrogens with zero attached hydrogens (tertiary/aromatic N) is 2. The highest BCUT2D eigenvalue weighted by Crippen LogP contribution is 2.26. The standard InChI is InChI=1S/C18H20N4O4S/c1-26-14-4-2-13(3-5-14)22-11-12(10-16(22)24)17(25)19-7-6-15(23)21-18-20-8-9-27-18/h2-5,8-9,12H,6-7,10-11H2,1H3,(H,19,25)(H,20,21,23)/t12-/m1/s1. The molecule has 2 aromatic rings. The molecule has 9 heteroatoms. The van der Waals surface area contributed by atoms with E-state index >= 15 is 0 Å². The van der Waals surface area contributed by atoms with Gasteiger partial charge in [-0.25, -0.2) is 4.98 Å². The lowest BCUT2D eigenvalue weighted by Crippen LogP contribution is -2.34. The third kappa shape index (κ3) is 4.82. The molecule has 2 heterocycles. The molecule has 2 N–H and O–H groups in total. The van der Waals surface area contributed by atoms with Gasteiger partial charge in [0.05, 0.1) is 13.0 Å². The third-order valence-electron chi connectivity index (χ3n) is 4.21. The van der Waals surface area contributed by atoms with E-state index in [-0.39, 0.29) is 37.1 Å². The lowest BCUT2D eigenvalue weighted by Gasteiger charge is -2.17. The highest BCUT2D eigenvalue weighted by Gasteiger charge is 2.35. The minimum absolute atomic E-state index is 0.0955. The maximum Gasteiger partial charge on any atom is 0.227 e. The number of thiazole rings is 1. The highest BCUT2D eigenvalue weighted by atomic mass is 32.1. The number of methoxy groups -OCH3 is 1. The number of hydrogen-bond acceptors (Lipinski definition) is 6. The van der Waals surface area contributed by atoms with Crippen molar-refractivity contribution in [2.24, 2.45) is 5.92 Å². The molecule has 3 amide bonds. The van der Waals surface area contributed by atoms with Crippen molar-refractivity contribution in [3.05, 3.63) is 35.8 Å². The fraction of sp³-hybridized carbons (Fsp3) is 0.333. The molecule has 142 valence electrons. The van der Waals surface area contributed by atoms with Gasteiger partial charge in [-0.3, -0.25) is 14.4 Å². The zero-order valence-electron chi connectivity index (χ0n) is 14.8. The maximum absolute atomic E-state index is 12.3. The smallest absolute Gasteiger partial charge is 0.227 e. The summed E-state index contributed by atoms with van der Waals surface area (Å²) in [5, 5.41) is 7.68. The Morgan fingerprint density at radius 1 is 1.33 bits per heavy atom. The molecule has 0 spiro atoms. The van der Waals surface area contributed by atoms with Gasteiger partial charge in [0.25, 0.3) is 0 Å². The van der Waals surface area contributed by atoms with E-state index in [1.54, 1.807) is 47.9 Å². The Hall–Kier alpha value is -2.94. The van der Waals surface area contributed by atoms with E-state index in [4.69, 9.17) is 4.74 Å². The normalized spacial score (nSPS) is 16.3. The monoisotopic (exact) mass is 388 g/mol. The molecule has 0 unspecified atom stereocenters. The molecular formula is C18H20N4O4S. The van der Waals surface area contributed by atoms with Gasteiger partial charge in [-0.15, -0.1) is 11.3 Å². The van der Waals surface area contributed by atoms with Crippen molar-refractivity contribution in [2.75, 3.05) is 30.4 Å². The number of ether oxygens (including phenoxy) is 1. The fourth-order valence-electron chi connectivity index (χ4n) is 2.81. The number of benzene rings is 1. The minimum atomic E-state index is -0.429. The van der Waals surface area contributed by atoms with Crippen LogP contribution in [-0.2, 0) is 14.4 Å². The van der Waals surface area contributed by atoms with Crippen LogP contribution in [0.25, 0.3) is 0 Å². The van der Waals surface area contributed by atoms with Crippen LogP contribution in [0.4, 0.5) is 10.8 Å². The van der Waals surface area contributed by atoms with E-state index in [9.17, 15) is 14.4 Å². The Labute approximate surface area is 160 Å². The Bertz CT molecular complexity index is 807. The van der Waals surface area contributed by atoms with Crippen molar-refractivity contribution in [3.8, 4) is 5.75 Å². The highest BCUT2D eigenvalue weighted by molar-refractivity contribution is 7.13. The van der Waals surface area contributed by atoms with E-state index in [1.165, 1.54) is 11.3 Å². The first kappa shape index (κ1) is 18.8. The number of aromatic nitrogens is 1. The fourth-order valence-corrected chi connectivity index (χ4v) is 3.35. The average molecular weight is 388 g/mol. The molecule has 0 saturated carbocycles. The van der Waals surface area contributed by atoms with Crippen LogP contribution in [0.15, 0.2) is 35.8 Å². The molecule has 1 atom stereocenters. The van der Waals surface area contributed by atoms with Crippen molar-refractivity contribution in [2.45, 2.75) is 12.8 Å². The maximum atomic E-state index is 12.3. The number of carbonyl (C=O) groups excluding carboxylic acids is 3. The van der Waals surface area contributed by atoms with Crippen LogP contribution in [0.1, 0.15) is 12.8 Å². The lowest BCUT2D eigenvalue weighted by molar-refractivity contribution is -0.126. The summed E-state index contributed by atoms with van der Waals surface area (Å²) in [5.41, 5.74) is 0.735. The predicted molar refractivity (Wildman–Crippen MR) is 102 cm³/mol. The molecular weight excluding hydrogens is 368 g/mol. The zero-order chi connectivity index (χ0) is 19.2. The van der Waals surface area contributed by atoms with Gasteiger partial charge in [0, 0.05) is 43.2 Å². The van der Waals surface area contributed by atoms with Gasteiger partial charge in [-0.05, 0) is 24.3 Å². The van der Waals surface area contributed by atoms with Crippen molar-refractivity contribution < 1.29 is 19.1 Å². The molecule has 1 saturated heterocycles. The summed E-state index contributed by atoms with van der Waals surface area (Å²) in [6, 6.07) is 7.13. The van der Waals surface area contributed by atoms with Gasteiger partial charge >= 0.3 is 0 Å². The summed E-state index contributed by atoms with van der Waals surface area (Å²) in [7, 11) is 1.58. The van der Waals surface area contributed by atoms with Crippen molar-refractivity contribution in [1.29, 1.82) is 0 Å². The number of nitrogens with one attached hydrogen (secondary N) is 2. The second-order valence-corrected chi connectivity index (χ2v) is 6.92. The van der Waals surface area contributed by atoms with E-state index in [2.05, 4.69) is 15.6 Å². The van der Waals surface area contributed by atoms with E-state index in [1.807, 2.05) is 0 Å². The van der Waals surface area contributed by atoms with E-state index < -0.39 is 5.92 Å². The van der Waals surface area contributed by atoms with E-state index in [0.717, 1.165) is 5.69 Å². The van der Waals surface area contributed by atoms with Crippen LogP contribution in [0.5, 0.6) is 5.75 Å². The number of anilines is 2. The summed E-state index contributed by atoms with van der Waals surface area (Å²) < 4.78 is 5.11. The summed E-state index contributed by atoms with van der Waals surface area (Å²) in [6.07, 6.45) is 1.91. The molecule has 1 aromatic carbocycles. The van der Waals surface area contributed by atoms with Gasteiger partial charge < -0.3 is 20.3 Å². The first-order valence-electron chi connectivity index (χ1n) is 8.48. The Balaban J connectivity index is 1.46. The molecule has 1 fully saturated rings. The van der Waals surface area contributed by atoms with Crippen LogP contribution in [-0.4, -0.2) is 42.9 Å². The predicted octanol–water partition coefficient (Wildman–Crippen LogP) is 1.65. The van der Waals surface area contributed by atoms with Gasteiger partial charge in [0.15, 0.2) is 5.13 Å². The van der Waals surface area contributed by atoms with Crippen molar-refractivity contribution in [1.82, 2.24) is 10.3 Å². The molecule has 0 radical (unpaired) electrons. The summed E-state index contributed by atoms with van der Waals surface area (Å²) in [5.74, 6) is -0.256. The van der Waals surface area contributed by atoms with Crippen molar-refractivity contribution in [3.63, 3.8) is 0 Å². The van der Waals surface area contributed by atoms with Crippen molar-refractivity contribution >= 4 is 39.9 Å². The first-order chi connectivity index (χ1) is 13.1. The number of amides is 3. The third-order valence-corrected chi connectivity index (χ3v) is 4.90. The molecule has 0 aliphatic carbocycles. The average Bonchev–Trinajstić information content (AvgIpc) is 3.31. The van der Waals surface area contributed by atoms with E-state index in [0.29, 0.717) is 17.4 Å². The van der Waals surface area contributed by atoms with Gasteiger partial charge in [0.2, 0.25) is 17.7 Å². The number of hydrogen-bond donors (Lipinski definition) is 2. The summed E-state index contributed by atoms with van der Waals surface area (Å²) in [6.45, 7) is 0.533. The van der Waals surface area contributed by atoms with Crippen LogP contribution >= 0.6 is 11.3 Å². The largest absolute Gasteiger partial charge is 0.497 e. The zero-order valence-corrected chi connectivity index (χ0v) is 15.6. The molecule has 1 aliphatic rings. The Kier molecular flexibility index (Phi) is 6.02. The van der Waals surface area contributed by atoms with Crippen LogP contribution in [0.2, 0.25) is 0 Å². The second kappa shape index (κ2) is 8.63. The number of rotatable bonds is 7. The molecule has 1 aliphatic heterocycles. The summed E-state index contributed by atoms with van der Waals surface area (Å²) >= 11 is 1.33. The van der Waals surface area contributed by atoms with Crippen LogP contribution < -0.4 is 20.3 Å². The quantitative estimate of drug-likeness (QED) is 0.751. The molecule has 27 heavy (non-hydrogen) atoms. The van der Waals surface area contributed by atoms with Gasteiger partial charge in [-0.2, -0.15) is 0 Å². The van der Waals surface area contributed by atoms with Crippen LogP contribution in [0, 0.1) is 5.92 Å².